The van der Waals surface area contributed by atoms with Crippen LogP contribution in [0.15, 0.2) is 17.5 Å². The van der Waals surface area contributed by atoms with Crippen LogP contribution < -0.4 is 5.32 Å². The van der Waals surface area contributed by atoms with Crippen molar-refractivity contribution in [2.75, 3.05) is 6.54 Å². The Labute approximate surface area is 126 Å². The molecule has 1 N–H and O–H groups in total. The van der Waals surface area contributed by atoms with Crippen LogP contribution in [-0.4, -0.2) is 11.5 Å². The van der Waals surface area contributed by atoms with Gasteiger partial charge in [-0.15, -0.1) is 11.3 Å². The summed E-state index contributed by atoms with van der Waals surface area (Å²) < 4.78 is 40.5. The van der Waals surface area contributed by atoms with Crippen LogP contribution in [0.1, 0.15) is 49.0 Å². The average Bonchev–Trinajstić information content (AvgIpc) is 2.90. The van der Waals surface area contributed by atoms with Crippen LogP contribution in [-0.2, 0) is 0 Å². The van der Waals surface area contributed by atoms with Crippen molar-refractivity contribution in [3.63, 3.8) is 0 Å². The Morgan fingerprint density at radius 2 is 1.81 bits per heavy atom. The largest absolute Gasteiger partial charge is 0.304 e. The standard InChI is InChI=1S/C15H17F3N2S/c1-4-19-14(15-20-13(7-21-15)8(2)3)9-5-11(17)12(18)6-10(9)16/h5-8,14,19H,4H2,1-3H3. The summed E-state index contributed by atoms with van der Waals surface area (Å²) in [5.74, 6) is -2.77. The molecule has 1 unspecified atom stereocenters. The van der Waals surface area contributed by atoms with E-state index >= 15 is 0 Å². The van der Waals surface area contributed by atoms with Crippen LogP contribution in [0, 0.1) is 17.5 Å². The first-order valence-corrected chi connectivity index (χ1v) is 7.65. The number of benzene rings is 1. The van der Waals surface area contributed by atoms with Crippen molar-refractivity contribution >= 4 is 11.3 Å². The number of aromatic nitrogens is 1. The molecule has 0 fully saturated rings. The maximum Gasteiger partial charge on any atom is 0.161 e. The van der Waals surface area contributed by atoms with E-state index in [0.717, 1.165) is 11.8 Å². The summed E-state index contributed by atoms with van der Waals surface area (Å²) in [5, 5.41) is 5.62. The highest BCUT2D eigenvalue weighted by Crippen LogP contribution is 2.30. The number of halogens is 3. The summed E-state index contributed by atoms with van der Waals surface area (Å²) in [6, 6.07) is 0.892. The van der Waals surface area contributed by atoms with Gasteiger partial charge in [0.15, 0.2) is 11.6 Å². The van der Waals surface area contributed by atoms with Gasteiger partial charge in [-0.1, -0.05) is 20.8 Å². The summed E-state index contributed by atoms with van der Waals surface area (Å²) in [7, 11) is 0. The Morgan fingerprint density at radius 1 is 1.14 bits per heavy atom. The lowest BCUT2D eigenvalue weighted by Crippen LogP contribution is -2.23. The van der Waals surface area contributed by atoms with Crippen LogP contribution in [0.2, 0.25) is 0 Å². The topological polar surface area (TPSA) is 24.9 Å². The third kappa shape index (κ3) is 3.44. The second kappa shape index (κ2) is 6.58. The molecular formula is C15H17F3N2S. The van der Waals surface area contributed by atoms with Crippen molar-refractivity contribution < 1.29 is 13.2 Å². The van der Waals surface area contributed by atoms with Crippen LogP contribution in [0.5, 0.6) is 0 Å². The Bertz CT molecular complexity index is 625. The van der Waals surface area contributed by atoms with Gasteiger partial charge in [0.1, 0.15) is 10.8 Å². The fourth-order valence-electron chi connectivity index (χ4n) is 1.99. The molecule has 0 saturated carbocycles. The highest BCUT2D eigenvalue weighted by molar-refractivity contribution is 7.09. The van der Waals surface area contributed by atoms with E-state index in [0.29, 0.717) is 17.6 Å². The molecule has 2 aromatic rings. The number of hydrogen-bond acceptors (Lipinski definition) is 3. The van der Waals surface area contributed by atoms with E-state index in [1.165, 1.54) is 11.3 Å². The maximum absolute atomic E-state index is 14.0. The average molecular weight is 314 g/mol. The van der Waals surface area contributed by atoms with E-state index in [9.17, 15) is 13.2 Å². The summed E-state index contributed by atoms with van der Waals surface area (Å²) in [6.07, 6.45) is 0. The summed E-state index contributed by atoms with van der Waals surface area (Å²) in [5.41, 5.74) is 0.973. The van der Waals surface area contributed by atoms with E-state index in [2.05, 4.69) is 10.3 Å². The number of rotatable bonds is 5. The van der Waals surface area contributed by atoms with Gasteiger partial charge in [-0.25, -0.2) is 18.2 Å². The minimum Gasteiger partial charge on any atom is -0.304 e. The SMILES string of the molecule is CCNC(c1nc(C(C)C)cs1)c1cc(F)c(F)cc1F. The molecule has 2 rings (SSSR count). The molecule has 1 aromatic carbocycles. The van der Waals surface area contributed by atoms with Gasteiger partial charge in [-0.05, 0) is 18.5 Å². The highest BCUT2D eigenvalue weighted by Gasteiger charge is 2.23. The van der Waals surface area contributed by atoms with Gasteiger partial charge in [0.25, 0.3) is 0 Å². The van der Waals surface area contributed by atoms with E-state index in [4.69, 9.17) is 0 Å². The Morgan fingerprint density at radius 3 is 2.38 bits per heavy atom. The molecule has 0 bridgehead atoms. The number of hydrogen-bond donors (Lipinski definition) is 1. The molecule has 0 aliphatic carbocycles. The van der Waals surface area contributed by atoms with Crippen molar-refractivity contribution in [1.29, 1.82) is 0 Å². The van der Waals surface area contributed by atoms with E-state index in [1.54, 1.807) is 0 Å². The van der Waals surface area contributed by atoms with E-state index in [1.807, 2.05) is 26.2 Å². The Kier molecular flexibility index (Phi) is 5.00. The molecule has 1 heterocycles. The van der Waals surface area contributed by atoms with Crippen LogP contribution in [0.3, 0.4) is 0 Å². The number of nitrogens with one attached hydrogen (secondary N) is 1. The predicted octanol–water partition coefficient (Wildman–Crippen LogP) is 4.38. The summed E-state index contributed by atoms with van der Waals surface area (Å²) in [6.45, 7) is 6.44. The van der Waals surface area contributed by atoms with E-state index < -0.39 is 23.5 Å². The molecular weight excluding hydrogens is 297 g/mol. The molecule has 1 atom stereocenters. The lowest BCUT2D eigenvalue weighted by Gasteiger charge is -2.17. The van der Waals surface area contributed by atoms with Crippen LogP contribution >= 0.6 is 11.3 Å². The molecule has 0 amide bonds. The van der Waals surface area contributed by atoms with Crippen molar-refractivity contribution in [2.45, 2.75) is 32.7 Å². The zero-order valence-electron chi connectivity index (χ0n) is 12.1. The molecule has 6 heteroatoms. The zero-order chi connectivity index (χ0) is 15.6. The second-order valence-corrected chi connectivity index (χ2v) is 5.93. The third-order valence-corrected chi connectivity index (χ3v) is 4.06. The summed E-state index contributed by atoms with van der Waals surface area (Å²) in [4.78, 5) is 4.47. The number of nitrogens with zero attached hydrogens (tertiary/aromatic N) is 1. The zero-order valence-corrected chi connectivity index (χ0v) is 12.9. The lowest BCUT2D eigenvalue weighted by molar-refractivity contribution is 0.480. The van der Waals surface area contributed by atoms with E-state index in [-0.39, 0.29) is 11.5 Å². The van der Waals surface area contributed by atoms with Crippen molar-refractivity contribution in [1.82, 2.24) is 10.3 Å². The first-order chi connectivity index (χ1) is 9.93. The summed E-state index contributed by atoms with van der Waals surface area (Å²) >= 11 is 1.38. The normalized spacial score (nSPS) is 12.9. The predicted molar refractivity (Wildman–Crippen MR) is 78.0 cm³/mol. The van der Waals surface area contributed by atoms with Crippen molar-refractivity contribution in [3.8, 4) is 0 Å². The highest BCUT2D eigenvalue weighted by atomic mass is 32.1. The van der Waals surface area contributed by atoms with Gasteiger partial charge < -0.3 is 5.32 Å². The second-order valence-electron chi connectivity index (χ2n) is 5.04. The molecule has 1 aromatic heterocycles. The first-order valence-electron chi connectivity index (χ1n) is 6.77. The van der Waals surface area contributed by atoms with Crippen molar-refractivity contribution in [2.24, 2.45) is 0 Å². The van der Waals surface area contributed by atoms with Gasteiger partial charge in [0, 0.05) is 17.0 Å². The fraction of sp³-hybridized carbons (Fsp3) is 0.400. The van der Waals surface area contributed by atoms with Crippen LogP contribution in [0.4, 0.5) is 13.2 Å². The van der Waals surface area contributed by atoms with Gasteiger partial charge in [-0.3, -0.25) is 0 Å². The molecule has 0 aliphatic rings. The molecule has 0 spiro atoms. The van der Waals surface area contributed by atoms with Crippen LogP contribution in [0.25, 0.3) is 0 Å². The Hall–Kier alpha value is -1.40. The minimum absolute atomic E-state index is 0.0698. The minimum atomic E-state index is -1.19. The molecule has 0 saturated heterocycles. The molecule has 0 radical (unpaired) electrons. The van der Waals surface area contributed by atoms with Crippen molar-refractivity contribution in [3.05, 3.63) is 51.2 Å². The molecule has 0 aliphatic heterocycles. The smallest absolute Gasteiger partial charge is 0.161 e. The first kappa shape index (κ1) is 16.0. The number of thiazole rings is 1. The van der Waals surface area contributed by atoms with Gasteiger partial charge in [0.05, 0.1) is 11.7 Å². The molecule has 2 nitrogen and oxygen atoms in total. The molecule has 21 heavy (non-hydrogen) atoms. The fourth-order valence-corrected chi connectivity index (χ4v) is 3.06. The lowest BCUT2D eigenvalue weighted by atomic mass is 10.1. The van der Waals surface area contributed by atoms with Gasteiger partial charge >= 0.3 is 0 Å². The van der Waals surface area contributed by atoms with Gasteiger partial charge in [-0.2, -0.15) is 0 Å². The quantitative estimate of drug-likeness (QED) is 0.828. The molecule has 114 valence electrons. The third-order valence-electron chi connectivity index (χ3n) is 3.14. The Balaban J connectivity index is 2.45. The van der Waals surface area contributed by atoms with Gasteiger partial charge in [0.2, 0.25) is 0 Å². The monoisotopic (exact) mass is 314 g/mol. The maximum atomic E-state index is 14.0.